The molecule has 0 aliphatic carbocycles. The Hall–Kier alpha value is -3.61. The van der Waals surface area contributed by atoms with Gasteiger partial charge in [-0.3, -0.25) is 4.79 Å². The molecule has 27 heavy (non-hydrogen) atoms. The van der Waals surface area contributed by atoms with Gasteiger partial charge < -0.3 is 28.8 Å². The van der Waals surface area contributed by atoms with E-state index in [1.807, 2.05) is 0 Å². The van der Waals surface area contributed by atoms with Crippen LogP contribution in [-0.4, -0.2) is 37.3 Å². The number of phenolic OH excluding ortho intramolecular Hbond substituents is 2. The number of benzene rings is 2. The molecule has 0 saturated heterocycles. The molecule has 0 saturated carbocycles. The maximum atomic E-state index is 12.8. The highest BCUT2D eigenvalue weighted by Gasteiger charge is 2.26. The zero-order chi connectivity index (χ0) is 19.6. The lowest BCUT2D eigenvalue weighted by atomic mass is 10.0. The second kappa shape index (κ2) is 7.33. The van der Waals surface area contributed by atoms with Crippen LogP contribution in [0.1, 0.15) is 15.9 Å². The molecule has 0 fully saturated rings. The van der Waals surface area contributed by atoms with Crippen molar-refractivity contribution in [2.24, 2.45) is 0 Å². The highest BCUT2D eigenvalue weighted by molar-refractivity contribution is 6.15. The molecule has 0 bridgehead atoms. The second-order valence-corrected chi connectivity index (χ2v) is 5.62. The van der Waals surface area contributed by atoms with E-state index < -0.39 is 5.78 Å². The van der Waals surface area contributed by atoms with E-state index in [1.165, 1.54) is 51.9 Å². The van der Waals surface area contributed by atoms with Crippen LogP contribution in [0.3, 0.4) is 0 Å². The zero-order valence-electron chi connectivity index (χ0n) is 15.0. The summed E-state index contributed by atoms with van der Waals surface area (Å²) < 4.78 is 20.9. The molecule has 3 aromatic rings. The summed E-state index contributed by atoms with van der Waals surface area (Å²) in [5.74, 6) is -0.202. The summed E-state index contributed by atoms with van der Waals surface area (Å²) in [6.45, 7) is 0. The predicted octanol–water partition coefficient (Wildman–Crippen LogP) is 3.77. The molecule has 7 heteroatoms. The van der Waals surface area contributed by atoms with Gasteiger partial charge in [-0.1, -0.05) is 6.08 Å². The standard InChI is InChI=1S/C20H18O7/c1-24-13-9-11(8-12(21)10-13)4-5-15(22)16-17(23)20(26-3)19-14(6-7-27-19)18(16)25-2/h4-10,21,23H,1-3H3. The maximum absolute atomic E-state index is 12.8. The first-order valence-electron chi connectivity index (χ1n) is 7.94. The number of phenols is 2. The summed E-state index contributed by atoms with van der Waals surface area (Å²) in [5, 5.41) is 20.7. The first-order valence-corrected chi connectivity index (χ1v) is 7.94. The topological polar surface area (TPSA) is 98.4 Å². The number of hydrogen-bond donors (Lipinski definition) is 2. The van der Waals surface area contributed by atoms with Crippen LogP contribution in [0.15, 0.2) is 41.0 Å². The largest absolute Gasteiger partial charge is 0.508 e. The van der Waals surface area contributed by atoms with Crippen LogP contribution in [0.4, 0.5) is 0 Å². The monoisotopic (exact) mass is 370 g/mol. The first kappa shape index (κ1) is 18.2. The number of hydrogen-bond acceptors (Lipinski definition) is 7. The lowest BCUT2D eigenvalue weighted by molar-refractivity contribution is 0.104. The second-order valence-electron chi connectivity index (χ2n) is 5.62. The molecule has 1 heterocycles. The molecule has 0 unspecified atom stereocenters. The number of rotatable bonds is 6. The molecule has 140 valence electrons. The Morgan fingerprint density at radius 3 is 2.44 bits per heavy atom. The van der Waals surface area contributed by atoms with Crippen molar-refractivity contribution in [2.75, 3.05) is 21.3 Å². The fourth-order valence-corrected chi connectivity index (χ4v) is 2.83. The fraction of sp³-hybridized carbons (Fsp3) is 0.150. The highest BCUT2D eigenvalue weighted by atomic mass is 16.5. The molecular formula is C20H18O7. The van der Waals surface area contributed by atoms with Crippen LogP contribution in [0.5, 0.6) is 28.7 Å². The van der Waals surface area contributed by atoms with Gasteiger partial charge in [-0.2, -0.15) is 0 Å². The van der Waals surface area contributed by atoms with E-state index in [4.69, 9.17) is 18.6 Å². The van der Waals surface area contributed by atoms with Gasteiger partial charge in [-0.25, -0.2) is 0 Å². The summed E-state index contributed by atoms with van der Waals surface area (Å²) in [7, 11) is 4.24. The van der Waals surface area contributed by atoms with Crippen molar-refractivity contribution >= 4 is 22.8 Å². The van der Waals surface area contributed by atoms with Crippen LogP contribution in [0.2, 0.25) is 0 Å². The molecule has 1 aromatic heterocycles. The number of carbonyl (C=O) groups is 1. The molecule has 3 rings (SSSR count). The number of allylic oxidation sites excluding steroid dienone is 1. The molecule has 7 nitrogen and oxygen atoms in total. The molecule has 2 aromatic carbocycles. The number of methoxy groups -OCH3 is 3. The summed E-state index contributed by atoms with van der Waals surface area (Å²) in [4.78, 5) is 12.8. The van der Waals surface area contributed by atoms with Gasteiger partial charge in [0, 0.05) is 6.07 Å². The van der Waals surface area contributed by atoms with Gasteiger partial charge in [0.05, 0.1) is 33.0 Å². The van der Waals surface area contributed by atoms with Crippen LogP contribution in [-0.2, 0) is 0 Å². The normalized spacial score (nSPS) is 11.1. The van der Waals surface area contributed by atoms with Crippen molar-refractivity contribution < 1.29 is 33.6 Å². The van der Waals surface area contributed by atoms with E-state index in [-0.39, 0.29) is 34.1 Å². The predicted molar refractivity (Wildman–Crippen MR) is 99.0 cm³/mol. The Balaban J connectivity index is 2.08. The Labute approximate surface area is 155 Å². The Morgan fingerprint density at radius 2 is 1.78 bits per heavy atom. The van der Waals surface area contributed by atoms with E-state index in [0.29, 0.717) is 16.7 Å². The van der Waals surface area contributed by atoms with Gasteiger partial charge in [-0.05, 0) is 29.8 Å². The zero-order valence-corrected chi connectivity index (χ0v) is 15.0. The van der Waals surface area contributed by atoms with Crippen molar-refractivity contribution in [3.63, 3.8) is 0 Å². The SMILES string of the molecule is COc1cc(O)cc(C=CC(=O)c2c(O)c(OC)c3occc3c2OC)c1. The summed E-state index contributed by atoms with van der Waals surface area (Å²) >= 11 is 0. The number of fused-ring (bicyclic) bond motifs is 1. The van der Waals surface area contributed by atoms with E-state index in [0.717, 1.165) is 0 Å². The molecule has 2 N–H and O–H groups in total. The Bertz CT molecular complexity index is 1030. The number of furan rings is 1. The third-order valence-electron chi connectivity index (χ3n) is 4.03. The fourth-order valence-electron chi connectivity index (χ4n) is 2.83. The minimum atomic E-state index is -0.506. The van der Waals surface area contributed by atoms with Gasteiger partial charge >= 0.3 is 0 Å². The molecule has 0 spiro atoms. The maximum Gasteiger partial charge on any atom is 0.205 e. The van der Waals surface area contributed by atoms with E-state index in [1.54, 1.807) is 12.1 Å². The third-order valence-corrected chi connectivity index (χ3v) is 4.03. The number of aromatic hydroxyl groups is 2. The third kappa shape index (κ3) is 3.27. The first-order chi connectivity index (χ1) is 13.0. The minimum Gasteiger partial charge on any atom is -0.508 e. The molecule has 0 atom stereocenters. The van der Waals surface area contributed by atoms with Crippen molar-refractivity contribution in [1.29, 1.82) is 0 Å². The number of ether oxygens (including phenoxy) is 3. The van der Waals surface area contributed by atoms with Crippen LogP contribution >= 0.6 is 0 Å². The summed E-state index contributed by atoms with van der Waals surface area (Å²) in [6, 6.07) is 6.20. The Morgan fingerprint density at radius 1 is 1.04 bits per heavy atom. The Kier molecular flexibility index (Phi) is 4.94. The van der Waals surface area contributed by atoms with Gasteiger partial charge in [0.15, 0.2) is 17.1 Å². The summed E-state index contributed by atoms with van der Waals surface area (Å²) in [6.07, 6.45) is 4.17. The van der Waals surface area contributed by atoms with Gasteiger partial charge in [0.25, 0.3) is 0 Å². The van der Waals surface area contributed by atoms with Gasteiger partial charge in [-0.15, -0.1) is 0 Å². The number of carbonyl (C=O) groups excluding carboxylic acids is 1. The quantitative estimate of drug-likeness (QED) is 0.503. The molecule has 0 aliphatic heterocycles. The minimum absolute atomic E-state index is 0.00311. The van der Waals surface area contributed by atoms with Crippen molar-refractivity contribution in [3.8, 4) is 28.7 Å². The lowest BCUT2D eigenvalue weighted by Gasteiger charge is -2.13. The van der Waals surface area contributed by atoms with Crippen LogP contribution < -0.4 is 14.2 Å². The summed E-state index contributed by atoms with van der Waals surface area (Å²) in [5.41, 5.74) is 0.784. The average molecular weight is 370 g/mol. The molecule has 0 radical (unpaired) electrons. The highest BCUT2D eigenvalue weighted by Crippen LogP contribution is 2.45. The van der Waals surface area contributed by atoms with Gasteiger partial charge in [0.2, 0.25) is 5.75 Å². The van der Waals surface area contributed by atoms with Crippen molar-refractivity contribution in [3.05, 3.63) is 47.7 Å². The van der Waals surface area contributed by atoms with Crippen LogP contribution in [0, 0.1) is 0 Å². The smallest absolute Gasteiger partial charge is 0.205 e. The number of ketones is 1. The molecule has 0 amide bonds. The van der Waals surface area contributed by atoms with Crippen LogP contribution in [0.25, 0.3) is 17.0 Å². The molecular weight excluding hydrogens is 352 g/mol. The van der Waals surface area contributed by atoms with Crippen molar-refractivity contribution in [1.82, 2.24) is 0 Å². The van der Waals surface area contributed by atoms with E-state index >= 15 is 0 Å². The molecule has 0 aliphatic rings. The average Bonchev–Trinajstić information content (AvgIpc) is 3.13. The van der Waals surface area contributed by atoms with E-state index in [2.05, 4.69) is 0 Å². The van der Waals surface area contributed by atoms with E-state index in [9.17, 15) is 15.0 Å². The lowest BCUT2D eigenvalue weighted by Crippen LogP contribution is -2.02. The van der Waals surface area contributed by atoms with Gasteiger partial charge in [0.1, 0.15) is 22.8 Å². The van der Waals surface area contributed by atoms with Crippen molar-refractivity contribution in [2.45, 2.75) is 0 Å².